The summed E-state index contributed by atoms with van der Waals surface area (Å²) in [6.45, 7) is 4.40. The van der Waals surface area contributed by atoms with Crippen LogP contribution >= 0.6 is 0 Å². The molecule has 0 bridgehead atoms. The van der Waals surface area contributed by atoms with Crippen LogP contribution in [-0.4, -0.2) is 19.2 Å². The number of carbonyl (C=O) groups excluding carboxylic acids is 1. The van der Waals surface area contributed by atoms with Crippen LogP contribution in [0.1, 0.15) is 16.8 Å². The first-order valence-corrected chi connectivity index (χ1v) is 5.10. The summed E-state index contributed by atoms with van der Waals surface area (Å²) in [4.78, 5) is 11.7. The minimum absolute atomic E-state index is 0.111. The smallest absolute Gasteiger partial charge is 0.251 e. The van der Waals surface area contributed by atoms with Gasteiger partial charge in [0.2, 0.25) is 6.79 Å². The summed E-state index contributed by atoms with van der Waals surface area (Å²) in [5, 5.41) is 2.78. The van der Waals surface area contributed by atoms with Crippen LogP contribution in [0.5, 0.6) is 11.5 Å². The van der Waals surface area contributed by atoms with Gasteiger partial charge in [-0.15, -0.1) is 6.58 Å². The molecule has 84 valence electrons. The first-order chi connectivity index (χ1) is 7.81. The predicted molar refractivity (Wildman–Crippen MR) is 59.7 cm³/mol. The average molecular weight is 219 g/mol. The molecule has 2 rings (SSSR count). The van der Waals surface area contributed by atoms with Gasteiger partial charge in [-0.3, -0.25) is 4.79 Å². The summed E-state index contributed by atoms with van der Waals surface area (Å²) in [5.74, 6) is 1.19. The summed E-state index contributed by atoms with van der Waals surface area (Å²) in [7, 11) is 0. The number of ether oxygens (including phenoxy) is 2. The van der Waals surface area contributed by atoms with E-state index in [0.29, 0.717) is 23.6 Å². The lowest BCUT2D eigenvalue weighted by Crippen LogP contribution is -2.23. The van der Waals surface area contributed by atoms with Crippen molar-refractivity contribution in [3.05, 3.63) is 36.4 Å². The zero-order chi connectivity index (χ0) is 11.4. The summed E-state index contributed by atoms with van der Waals surface area (Å²) in [5.41, 5.74) is 0.577. The summed E-state index contributed by atoms with van der Waals surface area (Å²) in [6, 6.07) is 5.15. The lowest BCUT2D eigenvalue weighted by Gasteiger charge is -2.04. The molecule has 1 heterocycles. The number of hydrogen-bond acceptors (Lipinski definition) is 3. The van der Waals surface area contributed by atoms with Crippen molar-refractivity contribution in [3.63, 3.8) is 0 Å². The van der Waals surface area contributed by atoms with Crippen LogP contribution in [0.2, 0.25) is 0 Å². The Hall–Kier alpha value is -1.97. The van der Waals surface area contributed by atoms with Gasteiger partial charge in [-0.1, -0.05) is 6.08 Å². The molecule has 1 aliphatic rings. The van der Waals surface area contributed by atoms with Gasteiger partial charge >= 0.3 is 0 Å². The van der Waals surface area contributed by atoms with Crippen LogP contribution in [0.4, 0.5) is 0 Å². The van der Waals surface area contributed by atoms with Crippen molar-refractivity contribution >= 4 is 5.91 Å². The molecule has 1 aromatic carbocycles. The fraction of sp³-hybridized carbons (Fsp3) is 0.250. The minimum Gasteiger partial charge on any atom is -0.454 e. The van der Waals surface area contributed by atoms with Gasteiger partial charge in [-0.05, 0) is 24.6 Å². The van der Waals surface area contributed by atoms with Gasteiger partial charge < -0.3 is 14.8 Å². The van der Waals surface area contributed by atoms with Crippen LogP contribution in [-0.2, 0) is 0 Å². The molecule has 1 aliphatic heterocycles. The number of benzene rings is 1. The number of fused-ring (bicyclic) bond motifs is 1. The lowest BCUT2D eigenvalue weighted by molar-refractivity contribution is 0.0954. The first kappa shape index (κ1) is 10.5. The Bertz CT molecular complexity index is 415. The molecule has 1 amide bonds. The number of hydrogen-bond donors (Lipinski definition) is 1. The number of amides is 1. The van der Waals surface area contributed by atoms with Gasteiger partial charge in [0.05, 0.1) is 0 Å². The largest absolute Gasteiger partial charge is 0.454 e. The molecule has 1 N–H and O–H groups in total. The van der Waals surface area contributed by atoms with E-state index in [2.05, 4.69) is 11.9 Å². The Morgan fingerprint density at radius 2 is 2.25 bits per heavy atom. The van der Waals surface area contributed by atoms with Crippen LogP contribution in [0.15, 0.2) is 30.9 Å². The fourth-order valence-corrected chi connectivity index (χ4v) is 1.43. The Morgan fingerprint density at radius 1 is 1.44 bits per heavy atom. The van der Waals surface area contributed by atoms with Crippen LogP contribution in [0.25, 0.3) is 0 Å². The SMILES string of the molecule is C=CCCNC(=O)c1ccc2c(c1)OCO2. The average Bonchev–Trinajstić information content (AvgIpc) is 2.76. The van der Waals surface area contributed by atoms with Gasteiger partial charge in [0.25, 0.3) is 5.91 Å². The second-order valence-electron chi connectivity index (χ2n) is 3.40. The predicted octanol–water partition coefficient (Wildman–Crippen LogP) is 1.72. The van der Waals surface area contributed by atoms with Gasteiger partial charge in [0.1, 0.15) is 0 Å². The molecule has 0 fully saturated rings. The monoisotopic (exact) mass is 219 g/mol. The first-order valence-electron chi connectivity index (χ1n) is 5.10. The Morgan fingerprint density at radius 3 is 3.06 bits per heavy atom. The van der Waals surface area contributed by atoms with Gasteiger partial charge in [0.15, 0.2) is 11.5 Å². The third kappa shape index (κ3) is 2.16. The zero-order valence-corrected chi connectivity index (χ0v) is 8.86. The highest BCUT2D eigenvalue weighted by Crippen LogP contribution is 2.32. The van der Waals surface area contributed by atoms with Crippen molar-refractivity contribution in [2.24, 2.45) is 0 Å². The van der Waals surface area contributed by atoms with E-state index >= 15 is 0 Å². The topological polar surface area (TPSA) is 47.6 Å². The van der Waals surface area contributed by atoms with Crippen molar-refractivity contribution in [2.45, 2.75) is 6.42 Å². The maximum Gasteiger partial charge on any atom is 0.251 e. The van der Waals surface area contributed by atoms with Crippen molar-refractivity contribution in [2.75, 3.05) is 13.3 Å². The molecular formula is C12H13NO3. The van der Waals surface area contributed by atoms with Gasteiger partial charge in [-0.25, -0.2) is 0 Å². The van der Waals surface area contributed by atoms with E-state index in [1.165, 1.54) is 0 Å². The quantitative estimate of drug-likeness (QED) is 0.619. The Kier molecular flexibility index (Phi) is 3.10. The summed E-state index contributed by atoms with van der Waals surface area (Å²) >= 11 is 0. The third-order valence-corrected chi connectivity index (χ3v) is 2.27. The Balaban J connectivity index is 2.03. The molecular weight excluding hydrogens is 206 g/mol. The van der Waals surface area contributed by atoms with E-state index in [4.69, 9.17) is 9.47 Å². The Labute approximate surface area is 93.9 Å². The molecule has 0 unspecified atom stereocenters. The lowest BCUT2D eigenvalue weighted by atomic mass is 10.2. The molecule has 4 nitrogen and oxygen atoms in total. The highest BCUT2D eigenvalue weighted by molar-refractivity contribution is 5.94. The van der Waals surface area contributed by atoms with E-state index in [1.807, 2.05) is 0 Å². The third-order valence-electron chi connectivity index (χ3n) is 2.27. The van der Waals surface area contributed by atoms with Gasteiger partial charge in [-0.2, -0.15) is 0 Å². The maximum atomic E-state index is 11.7. The molecule has 0 aliphatic carbocycles. The molecule has 0 atom stereocenters. The zero-order valence-electron chi connectivity index (χ0n) is 8.86. The molecule has 0 saturated heterocycles. The van der Waals surface area contributed by atoms with E-state index in [0.717, 1.165) is 6.42 Å². The van der Waals surface area contributed by atoms with Crippen molar-refractivity contribution in [1.29, 1.82) is 0 Å². The fourth-order valence-electron chi connectivity index (χ4n) is 1.43. The number of nitrogens with one attached hydrogen (secondary N) is 1. The summed E-state index contributed by atoms with van der Waals surface area (Å²) in [6.07, 6.45) is 2.52. The van der Waals surface area contributed by atoms with Crippen LogP contribution in [0, 0.1) is 0 Å². The van der Waals surface area contributed by atoms with Crippen LogP contribution < -0.4 is 14.8 Å². The highest BCUT2D eigenvalue weighted by atomic mass is 16.7. The van der Waals surface area contributed by atoms with Crippen LogP contribution in [0.3, 0.4) is 0 Å². The standard InChI is InChI=1S/C12H13NO3/c1-2-3-6-13-12(14)9-4-5-10-11(7-9)16-8-15-10/h2,4-5,7H,1,3,6,8H2,(H,13,14). The second kappa shape index (κ2) is 4.70. The minimum atomic E-state index is -0.111. The second-order valence-corrected chi connectivity index (χ2v) is 3.40. The van der Waals surface area contributed by atoms with Gasteiger partial charge in [0, 0.05) is 12.1 Å². The summed E-state index contributed by atoms with van der Waals surface area (Å²) < 4.78 is 10.4. The normalized spacial score (nSPS) is 12.2. The van der Waals surface area contributed by atoms with E-state index < -0.39 is 0 Å². The molecule has 0 spiro atoms. The molecule has 0 saturated carbocycles. The molecule has 16 heavy (non-hydrogen) atoms. The van der Waals surface area contributed by atoms with E-state index in [1.54, 1.807) is 24.3 Å². The van der Waals surface area contributed by atoms with Crippen molar-refractivity contribution in [1.82, 2.24) is 5.32 Å². The highest BCUT2D eigenvalue weighted by Gasteiger charge is 2.15. The molecule has 1 aromatic rings. The number of rotatable bonds is 4. The maximum absolute atomic E-state index is 11.7. The number of carbonyl (C=O) groups is 1. The van der Waals surface area contributed by atoms with Crippen molar-refractivity contribution < 1.29 is 14.3 Å². The van der Waals surface area contributed by atoms with E-state index in [9.17, 15) is 4.79 Å². The van der Waals surface area contributed by atoms with Crippen molar-refractivity contribution in [3.8, 4) is 11.5 Å². The molecule has 0 radical (unpaired) electrons. The van der Waals surface area contributed by atoms with E-state index in [-0.39, 0.29) is 12.7 Å². The molecule has 0 aromatic heterocycles. The molecule has 4 heteroatoms.